The van der Waals surface area contributed by atoms with Crippen LogP contribution in [0.25, 0.3) is 0 Å². The van der Waals surface area contributed by atoms with Crippen LogP contribution < -0.4 is 4.72 Å². The Balaban J connectivity index is 2.24. The molecule has 0 bridgehead atoms. The van der Waals surface area contributed by atoms with Crippen molar-refractivity contribution < 1.29 is 8.42 Å². The highest BCUT2D eigenvalue weighted by atomic mass is 32.2. The number of hydrogen-bond donors (Lipinski definition) is 1. The first kappa shape index (κ1) is 13.7. The van der Waals surface area contributed by atoms with Crippen molar-refractivity contribution in [2.45, 2.75) is 18.4 Å². The summed E-state index contributed by atoms with van der Waals surface area (Å²) in [6.45, 7) is 2.18. The molecule has 2 aromatic rings. The van der Waals surface area contributed by atoms with Gasteiger partial charge in [0.25, 0.3) is 0 Å². The molecule has 0 fully saturated rings. The van der Waals surface area contributed by atoms with E-state index in [1.165, 1.54) is 23.5 Å². The van der Waals surface area contributed by atoms with Crippen molar-refractivity contribution in [3.63, 3.8) is 0 Å². The first-order valence-electron chi connectivity index (χ1n) is 5.56. The van der Waals surface area contributed by atoms with Crippen molar-refractivity contribution in [3.05, 3.63) is 51.7 Å². The van der Waals surface area contributed by atoms with Gasteiger partial charge in [0.15, 0.2) is 0 Å². The molecule has 0 aliphatic carbocycles. The van der Waals surface area contributed by atoms with Crippen LogP contribution in [0.3, 0.4) is 0 Å². The summed E-state index contributed by atoms with van der Waals surface area (Å²) in [4.78, 5) is 0.990. The van der Waals surface area contributed by atoms with Crippen LogP contribution >= 0.6 is 11.3 Å². The molecule has 6 heteroatoms. The van der Waals surface area contributed by atoms with E-state index in [1.807, 2.05) is 24.4 Å². The molecule has 0 unspecified atom stereocenters. The standard InChI is InChI=1S/C13H12N2O2S2/c1-10-6-7-18-12(10)9-15-19(16,17)13-5-3-2-4-11(13)8-14/h2-7,15H,9H2,1H3. The second kappa shape index (κ2) is 5.53. The minimum atomic E-state index is -3.66. The fourth-order valence-electron chi connectivity index (χ4n) is 1.62. The van der Waals surface area contributed by atoms with Crippen molar-refractivity contribution >= 4 is 21.4 Å². The Morgan fingerprint density at radius 1 is 1.32 bits per heavy atom. The van der Waals surface area contributed by atoms with E-state index in [1.54, 1.807) is 12.1 Å². The smallest absolute Gasteiger partial charge is 0.207 e. The molecular formula is C13H12N2O2S2. The number of aryl methyl sites for hydroxylation is 1. The van der Waals surface area contributed by atoms with Gasteiger partial charge in [-0.1, -0.05) is 12.1 Å². The zero-order valence-corrected chi connectivity index (χ0v) is 11.9. The maximum absolute atomic E-state index is 12.2. The Hall–Kier alpha value is -1.68. The second-order valence-electron chi connectivity index (χ2n) is 3.96. The molecule has 0 spiro atoms. The van der Waals surface area contributed by atoms with Crippen molar-refractivity contribution in [2.75, 3.05) is 0 Å². The lowest BCUT2D eigenvalue weighted by Crippen LogP contribution is -2.23. The summed E-state index contributed by atoms with van der Waals surface area (Å²) in [5.74, 6) is 0. The van der Waals surface area contributed by atoms with Gasteiger partial charge in [0.05, 0.1) is 10.5 Å². The number of nitriles is 1. The molecule has 0 saturated heterocycles. The molecule has 0 aliphatic rings. The number of benzene rings is 1. The van der Waals surface area contributed by atoms with E-state index in [0.717, 1.165) is 10.4 Å². The summed E-state index contributed by atoms with van der Waals surface area (Å²) in [5, 5.41) is 10.9. The van der Waals surface area contributed by atoms with Crippen molar-refractivity contribution in [2.24, 2.45) is 0 Å². The van der Waals surface area contributed by atoms with Crippen LogP contribution in [0.4, 0.5) is 0 Å². The number of rotatable bonds is 4. The highest BCUT2D eigenvalue weighted by Gasteiger charge is 2.18. The van der Waals surface area contributed by atoms with Crippen LogP contribution in [0.5, 0.6) is 0 Å². The Morgan fingerprint density at radius 2 is 2.05 bits per heavy atom. The molecule has 1 aromatic heterocycles. The summed E-state index contributed by atoms with van der Waals surface area (Å²) in [6.07, 6.45) is 0. The number of nitrogens with one attached hydrogen (secondary N) is 1. The summed E-state index contributed by atoms with van der Waals surface area (Å²) >= 11 is 1.50. The second-order valence-corrected chi connectivity index (χ2v) is 6.70. The van der Waals surface area contributed by atoms with E-state index in [0.29, 0.717) is 0 Å². The van der Waals surface area contributed by atoms with Crippen LogP contribution in [0.2, 0.25) is 0 Å². The van der Waals surface area contributed by atoms with Gasteiger partial charge in [-0.3, -0.25) is 0 Å². The Bertz CT molecular complexity index is 727. The zero-order chi connectivity index (χ0) is 13.9. The summed E-state index contributed by atoms with van der Waals surface area (Å²) < 4.78 is 26.8. The Labute approximate surface area is 116 Å². The number of nitrogens with zero attached hydrogens (tertiary/aromatic N) is 1. The van der Waals surface area contributed by atoms with Gasteiger partial charge in [0, 0.05) is 11.4 Å². The molecule has 19 heavy (non-hydrogen) atoms. The van der Waals surface area contributed by atoms with Crippen LogP contribution in [-0.2, 0) is 16.6 Å². The van der Waals surface area contributed by atoms with Gasteiger partial charge in [-0.25, -0.2) is 13.1 Å². The van der Waals surface area contributed by atoms with Gasteiger partial charge in [0.2, 0.25) is 10.0 Å². The van der Waals surface area contributed by atoms with E-state index in [9.17, 15) is 8.42 Å². The number of thiophene rings is 1. The third kappa shape index (κ3) is 3.01. The molecule has 0 saturated carbocycles. The highest BCUT2D eigenvalue weighted by molar-refractivity contribution is 7.89. The fourth-order valence-corrected chi connectivity index (χ4v) is 3.70. The predicted molar refractivity (Wildman–Crippen MR) is 74.2 cm³/mol. The highest BCUT2D eigenvalue weighted by Crippen LogP contribution is 2.18. The molecular weight excluding hydrogens is 280 g/mol. The molecule has 0 aliphatic heterocycles. The largest absolute Gasteiger partial charge is 0.242 e. The van der Waals surface area contributed by atoms with Crippen LogP contribution in [0.15, 0.2) is 40.6 Å². The minimum absolute atomic E-state index is 0.0201. The Morgan fingerprint density at radius 3 is 2.68 bits per heavy atom. The van der Waals surface area contributed by atoms with Crippen LogP contribution in [0.1, 0.15) is 16.0 Å². The lowest BCUT2D eigenvalue weighted by Gasteiger charge is -2.07. The zero-order valence-electron chi connectivity index (χ0n) is 10.3. The molecule has 1 heterocycles. The molecule has 0 radical (unpaired) electrons. The van der Waals surface area contributed by atoms with Crippen molar-refractivity contribution in [1.29, 1.82) is 5.26 Å². The molecule has 2 rings (SSSR count). The molecule has 98 valence electrons. The summed E-state index contributed by atoms with van der Waals surface area (Å²) in [5.41, 5.74) is 1.21. The molecule has 0 atom stereocenters. The van der Waals surface area contributed by atoms with E-state index in [2.05, 4.69) is 4.72 Å². The topological polar surface area (TPSA) is 70.0 Å². The summed E-state index contributed by atoms with van der Waals surface area (Å²) in [6, 6.07) is 10.00. The van der Waals surface area contributed by atoms with Crippen LogP contribution in [0, 0.1) is 18.3 Å². The van der Waals surface area contributed by atoms with Gasteiger partial charge in [-0.15, -0.1) is 11.3 Å². The van der Waals surface area contributed by atoms with E-state index < -0.39 is 10.0 Å². The quantitative estimate of drug-likeness (QED) is 0.940. The number of sulfonamides is 1. The Kier molecular flexibility index (Phi) is 4.00. The predicted octanol–water partition coefficient (Wildman–Crippen LogP) is 2.41. The number of hydrogen-bond acceptors (Lipinski definition) is 4. The lowest BCUT2D eigenvalue weighted by atomic mass is 10.2. The average molecular weight is 292 g/mol. The van der Waals surface area contributed by atoms with E-state index >= 15 is 0 Å². The van der Waals surface area contributed by atoms with Gasteiger partial charge in [-0.05, 0) is 36.1 Å². The molecule has 0 amide bonds. The van der Waals surface area contributed by atoms with Gasteiger partial charge in [-0.2, -0.15) is 5.26 Å². The van der Waals surface area contributed by atoms with Crippen LogP contribution in [-0.4, -0.2) is 8.42 Å². The average Bonchev–Trinajstić information content (AvgIpc) is 2.82. The monoisotopic (exact) mass is 292 g/mol. The molecule has 1 aromatic carbocycles. The lowest BCUT2D eigenvalue weighted by molar-refractivity contribution is 0.581. The van der Waals surface area contributed by atoms with Gasteiger partial charge in [0.1, 0.15) is 6.07 Å². The SMILES string of the molecule is Cc1ccsc1CNS(=O)(=O)c1ccccc1C#N. The van der Waals surface area contributed by atoms with Gasteiger partial charge >= 0.3 is 0 Å². The first-order chi connectivity index (χ1) is 9.04. The fraction of sp³-hybridized carbons (Fsp3) is 0.154. The van der Waals surface area contributed by atoms with Crippen molar-refractivity contribution in [1.82, 2.24) is 4.72 Å². The van der Waals surface area contributed by atoms with Gasteiger partial charge < -0.3 is 0 Å². The normalized spacial score (nSPS) is 11.2. The molecule has 1 N–H and O–H groups in total. The maximum atomic E-state index is 12.2. The van der Waals surface area contributed by atoms with E-state index in [-0.39, 0.29) is 17.0 Å². The molecule has 4 nitrogen and oxygen atoms in total. The van der Waals surface area contributed by atoms with E-state index in [4.69, 9.17) is 5.26 Å². The summed E-state index contributed by atoms with van der Waals surface area (Å²) in [7, 11) is -3.66. The third-order valence-electron chi connectivity index (χ3n) is 2.69. The maximum Gasteiger partial charge on any atom is 0.242 e. The van der Waals surface area contributed by atoms with Crippen molar-refractivity contribution in [3.8, 4) is 6.07 Å². The third-order valence-corrected chi connectivity index (χ3v) is 5.17. The minimum Gasteiger partial charge on any atom is -0.207 e. The first-order valence-corrected chi connectivity index (χ1v) is 7.92.